The van der Waals surface area contributed by atoms with E-state index in [1.807, 2.05) is 0 Å². The van der Waals surface area contributed by atoms with Crippen molar-refractivity contribution >= 4 is 16.0 Å². The molecule has 1 heterocycles. The maximum absolute atomic E-state index is 12.5. The first-order valence-electron chi connectivity index (χ1n) is 7.21. The van der Waals surface area contributed by atoms with Crippen molar-refractivity contribution in [1.29, 1.82) is 0 Å². The number of piperidine rings is 1. The van der Waals surface area contributed by atoms with Crippen LogP contribution in [0.15, 0.2) is 0 Å². The van der Waals surface area contributed by atoms with Crippen molar-refractivity contribution in [2.24, 2.45) is 5.92 Å². The summed E-state index contributed by atoms with van der Waals surface area (Å²) in [6.45, 7) is 2.98. The highest BCUT2D eigenvalue weighted by Gasteiger charge is 2.38. The van der Waals surface area contributed by atoms with Crippen LogP contribution in [0, 0.1) is 5.92 Å². The topological polar surface area (TPSA) is 63.7 Å². The molecular formula is C13H23NO4S. The highest BCUT2D eigenvalue weighted by Crippen LogP contribution is 2.30. The van der Waals surface area contributed by atoms with Crippen molar-refractivity contribution in [1.82, 2.24) is 4.31 Å². The van der Waals surface area contributed by atoms with E-state index in [1.54, 1.807) is 6.92 Å². The smallest absolute Gasteiger partial charge is 0.310 e. The molecule has 6 heteroatoms. The maximum atomic E-state index is 12.5. The molecule has 0 N–H and O–H groups in total. The van der Waals surface area contributed by atoms with Gasteiger partial charge in [0.05, 0.1) is 17.8 Å². The number of sulfonamides is 1. The van der Waals surface area contributed by atoms with Gasteiger partial charge in [-0.1, -0.05) is 12.8 Å². The number of hydrogen-bond acceptors (Lipinski definition) is 4. The Morgan fingerprint density at radius 3 is 2.53 bits per heavy atom. The minimum Gasteiger partial charge on any atom is -0.466 e. The van der Waals surface area contributed by atoms with Crippen LogP contribution in [0.25, 0.3) is 0 Å². The summed E-state index contributed by atoms with van der Waals surface area (Å²) in [5.41, 5.74) is 0. The minimum absolute atomic E-state index is 0.228. The van der Waals surface area contributed by atoms with Gasteiger partial charge in [0.15, 0.2) is 0 Å². The second kappa shape index (κ2) is 6.22. The van der Waals surface area contributed by atoms with Gasteiger partial charge in [0, 0.05) is 13.1 Å². The molecule has 2 rings (SSSR count). The van der Waals surface area contributed by atoms with Gasteiger partial charge in [-0.2, -0.15) is 0 Å². The lowest BCUT2D eigenvalue weighted by Gasteiger charge is -2.32. The van der Waals surface area contributed by atoms with E-state index in [0.29, 0.717) is 19.7 Å². The molecular weight excluding hydrogens is 266 g/mol. The quantitative estimate of drug-likeness (QED) is 0.736. The number of esters is 1. The maximum Gasteiger partial charge on any atom is 0.310 e. The second-order valence-corrected chi connectivity index (χ2v) is 7.61. The van der Waals surface area contributed by atoms with Crippen LogP contribution in [-0.4, -0.2) is 43.6 Å². The lowest BCUT2D eigenvalue weighted by atomic mass is 10.0. The van der Waals surface area contributed by atoms with Gasteiger partial charge in [-0.3, -0.25) is 4.79 Å². The summed E-state index contributed by atoms with van der Waals surface area (Å²) in [5, 5.41) is -0.228. The van der Waals surface area contributed by atoms with Gasteiger partial charge in [-0.25, -0.2) is 12.7 Å². The van der Waals surface area contributed by atoms with Crippen molar-refractivity contribution in [2.75, 3.05) is 19.7 Å². The summed E-state index contributed by atoms with van der Waals surface area (Å²) in [7, 11) is -3.22. The standard InChI is InChI=1S/C13H23NO4S/c1-2-18-13(15)11-6-5-9-14(10-11)19(16,17)12-7-3-4-8-12/h11-12H,2-10H2,1H3/t11-/m0/s1. The Balaban J connectivity index is 2.02. The Morgan fingerprint density at radius 2 is 1.89 bits per heavy atom. The lowest BCUT2D eigenvalue weighted by molar-refractivity contribution is -0.149. The van der Waals surface area contributed by atoms with Crippen LogP contribution in [0.1, 0.15) is 45.4 Å². The molecule has 0 amide bonds. The fourth-order valence-corrected chi connectivity index (χ4v) is 5.15. The normalized spacial score (nSPS) is 26.5. The molecule has 2 fully saturated rings. The van der Waals surface area contributed by atoms with E-state index >= 15 is 0 Å². The number of ether oxygens (including phenoxy) is 1. The fraction of sp³-hybridized carbons (Fsp3) is 0.923. The van der Waals surface area contributed by atoms with Crippen LogP contribution in [-0.2, 0) is 19.6 Å². The van der Waals surface area contributed by atoms with Crippen molar-refractivity contribution in [3.05, 3.63) is 0 Å². The number of carbonyl (C=O) groups is 1. The minimum atomic E-state index is -3.22. The number of nitrogens with zero attached hydrogens (tertiary/aromatic N) is 1. The molecule has 1 aliphatic heterocycles. The molecule has 0 radical (unpaired) electrons. The molecule has 19 heavy (non-hydrogen) atoms. The summed E-state index contributed by atoms with van der Waals surface area (Å²) in [5.74, 6) is -0.543. The molecule has 0 aromatic carbocycles. The monoisotopic (exact) mass is 289 g/mol. The van der Waals surface area contributed by atoms with E-state index in [2.05, 4.69) is 0 Å². The Hall–Kier alpha value is -0.620. The molecule has 2 aliphatic rings. The zero-order valence-corrected chi connectivity index (χ0v) is 12.3. The molecule has 1 atom stereocenters. The molecule has 0 unspecified atom stereocenters. The van der Waals surface area contributed by atoms with E-state index in [-0.39, 0.29) is 17.1 Å². The fourth-order valence-electron chi connectivity index (χ4n) is 3.02. The van der Waals surface area contributed by atoms with E-state index < -0.39 is 10.0 Å². The highest BCUT2D eigenvalue weighted by molar-refractivity contribution is 7.89. The van der Waals surface area contributed by atoms with Crippen molar-refractivity contribution in [3.63, 3.8) is 0 Å². The number of rotatable bonds is 4. The van der Waals surface area contributed by atoms with Gasteiger partial charge in [-0.05, 0) is 32.6 Å². The van der Waals surface area contributed by atoms with E-state index in [0.717, 1.165) is 38.5 Å². The average molecular weight is 289 g/mol. The van der Waals surface area contributed by atoms with Gasteiger partial charge in [-0.15, -0.1) is 0 Å². The Bertz CT molecular complexity index is 414. The first-order valence-corrected chi connectivity index (χ1v) is 8.71. The van der Waals surface area contributed by atoms with Gasteiger partial charge in [0.1, 0.15) is 0 Å². The molecule has 1 aliphatic carbocycles. The van der Waals surface area contributed by atoms with Crippen molar-refractivity contribution < 1.29 is 17.9 Å². The van der Waals surface area contributed by atoms with Crippen LogP contribution < -0.4 is 0 Å². The summed E-state index contributed by atoms with van der Waals surface area (Å²) >= 11 is 0. The van der Waals surface area contributed by atoms with Crippen LogP contribution in [0.2, 0.25) is 0 Å². The summed E-state index contributed by atoms with van der Waals surface area (Å²) in [6.07, 6.45) is 5.01. The van der Waals surface area contributed by atoms with Crippen molar-refractivity contribution in [2.45, 2.75) is 50.7 Å². The van der Waals surface area contributed by atoms with Gasteiger partial charge < -0.3 is 4.74 Å². The van der Waals surface area contributed by atoms with E-state index in [4.69, 9.17) is 4.74 Å². The van der Waals surface area contributed by atoms with Gasteiger partial charge >= 0.3 is 5.97 Å². The largest absolute Gasteiger partial charge is 0.466 e. The molecule has 1 saturated carbocycles. The zero-order chi connectivity index (χ0) is 13.9. The molecule has 0 bridgehead atoms. The third-order valence-corrected chi connectivity index (χ3v) is 6.45. The van der Waals surface area contributed by atoms with Crippen LogP contribution >= 0.6 is 0 Å². The van der Waals surface area contributed by atoms with Crippen molar-refractivity contribution in [3.8, 4) is 0 Å². The molecule has 110 valence electrons. The van der Waals surface area contributed by atoms with Gasteiger partial charge in [0.25, 0.3) is 0 Å². The Morgan fingerprint density at radius 1 is 1.21 bits per heavy atom. The Kier molecular flexibility index (Phi) is 4.84. The average Bonchev–Trinajstić information content (AvgIpc) is 2.94. The molecule has 1 saturated heterocycles. The molecule has 0 spiro atoms. The predicted molar refractivity (Wildman–Crippen MR) is 72.1 cm³/mol. The Labute approximate surface area is 115 Å². The van der Waals surface area contributed by atoms with Crippen LogP contribution in [0.5, 0.6) is 0 Å². The first-order chi connectivity index (χ1) is 9.05. The highest BCUT2D eigenvalue weighted by atomic mass is 32.2. The predicted octanol–water partition coefficient (Wildman–Crippen LogP) is 1.53. The first kappa shape index (κ1) is 14.8. The van der Waals surface area contributed by atoms with E-state index in [9.17, 15) is 13.2 Å². The molecule has 0 aromatic heterocycles. The summed E-state index contributed by atoms with van der Waals surface area (Å²) in [4.78, 5) is 11.7. The zero-order valence-electron chi connectivity index (χ0n) is 11.5. The SMILES string of the molecule is CCOC(=O)[C@H]1CCCN(S(=O)(=O)C2CCCC2)C1. The second-order valence-electron chi connectivity index (χ2n) is 5.40. The lowest BCUT2D eigenvalue weighted by Crippen LogP contribution is -2.45. The number of hydrogen-bond donors (Lipinski definition) is 0. The third-order valence-electron chi connectivity index (χ3n) is 4.09. The van der Waals surface area contributed by atoms with Crippen LogP contribution in [0.4, 0.5) is 0 Å². The van der Waals surface area contributed by atoms with Crippen LogP contribution in [0.3, 0.4) is 0 Å². The van der Waals surface area contributed by atoms with E-state index in [1.165, 1.54) is 4.31 Å². The summed E-state index contributed by atoms with van der Waals surface area (Å²) < 4.78 is 31.5. The van der Waals surface area contributed by atoms with Gasteiger partial charge in [0.2, 0.25) is 10.0 Å². The number of carbonyl (C=O) groups excluding carboxylic acids is 1. The molecule has 5 nitrogen and oxygen atoms in total. The third kappa shape index (κ3) is 3.28. The summed E-state index contributed by atoms with van der Waals surface area (Å²) in [6, 6.07) is 0. The molecule has 0 aromatic rings.